The van der Waals surface area contributed by atoms with Gasteiger partial charge in [-0.25, -0.2) is 8.42 Å². The summed E-state index contributed by atoms with van der Waals surface area (Å²) >= 11 is 0. The molecule has 0 aliphatic heterocycles. The first kappa shape index (κ1) is 24.0. The van der Waals surface area contributed by atoms with Gasteiger partial charge < -0.3 is 15.2 Å². The second-order valence-electron chi connectivity index (χ2n) is 8.03. The number of aryl methyl sites for hydroxylation is 2. The quantitative estimate of drug-likeness (QED) is 0.327. The first-order valence-corrected chi connectivity index (χ1v) is 12.3. The van der Waals surface area contributed by atoms with Gasteiger partial charge in [0.05, 0.1) is 35.3 Å². The van der Waals surface area contributed by atoms with Crippen LogP contribution in [-0.4, -0.2) is 31.5 Å². The SMILES string of the molecule is COc1ccccc1NS(=O)(=O)c1ccc(O)c(NC(=O)Cc2c(C)nc3ccccc3c2C)c1. The lowest BCUT2D eigenvalue weighted by Gasteiger charge is -2.15. The highest BCUT2D eigenvalue weighted by atomic mass is 32.2. The Hall–Kier alpha value is -4.11. The molecule has 0 saturated heterocycles. The average molecular weight is 492 g/mol. The second kappa shape index (κ2) is 9.63. The maximum atomic E-state index is 13.0. The zero-order valence-corrected chi connectivity index (χ0v) is 20.3. The minimum absolute atomic E-state index is 0.0121. The lowest BCUT2D eigenvalue weighted by atomic mass is 9.99. The number of fused-ring (bicyclic) bond motifs is 1. The number of phenols is 1. The third kappa shape index (κ3) is 5.04. The van der Waals surface area contributed by atoms with E-state index in [0.29, 0.717) is 5.75 Å². The van der Waals surface area contributed by atoms with Crippen LogP contribution >= 0.6 is 0 Å². The summed E-state index contributed by atoms with van der Waals surface area (Å²) < 4.78 is 33.6. The zero-order valence-electron chi connectivity index (χ0n) is 19.5. The summed E-state index contributed by atoms with van der Waals surface area (Å²) in [5, 5.41) is 13.9. The average Bonchev–Trinajstić information content (AvgIpc) is 2.83. The predicted octanol–water partition coefficient (Wildman–Crippen LogP) is 4.55. The van der Waals surface area contributed by atoms with Crippen LogP contribution in [0.5, 0.6) is 11.5 Å². The molecule has 1 amide bonds. The summed E-state index contributed by atoms with van der Waals surface area (Å²) in [6.07, 6.45) is 0.0192. The van der Waals surface area contributed by atoms with Gasteiger partial charge >= 0.3 is 0 Å². The molecular formula is C26H25N3O5S. The molecular weight excluding hydrogens is 466 g/mol. The molecule has 0 fully saturated rings. The van der Waals surface area contributed by atoms with Gasteiger partial charge in [0, 0.05) is 11.1 Å². The minimum Gasteiger partial charge on any atom is -0.506 e. The summed E-state index contributed by atoms with van der Waals surface area (Å²) in [5.74, 6) is -0.298. The van der Waals surface area contributed by atoms with E-state index in [1.54, 1.807) is 24.3 Å². The van der Waals surface area contributed by atoms with Crippen molar-refractivity contribution in [1.29, 1.82) is 0 Å². The predicted molar refractivity (Wildman–Crippen MR) is 135 cm³/mol. The third-order valence-corrected chi connectivity index (χ3v) is 7.09. The number of nitrogens with one attached hydrogen (secondary N) is 2. The number of phenolic OH excluding ortho intramolecular Hbond substituents is 1. The Balaban J connectivity index is 1.58. The van der Waals surface area contributed by atoms with Gasteiger partial charge in [-0.2, -0.15) is 0 Å². The number of ether oxygens (including phenoxy) is 1. The molecule has 0 saturated carbocycles. The van der Waals surface area contributed by atoms with Crippen molar-refractivity contribution < 1.29 is 23.1 Å². The smallest absolute Gasteiger partial charge is 0.262 e. The Morgan fingerprint density at radius 1 is 1.00 bits per heavy atom. The molecule has 180 valence electrons. The van der Waals surface area contributed by atoms with E-state index in [1.807, 2.05) is 38.1 Å². The van der Waals surface area contributed by atoms with Crippen molar-refractivity contribution in [3.63, 3.8) is 0 Å². The first-order chi connectivity index (χ1) is 16.7. The molecule has 0 atom stereocenters. The third-order valence-electron chi connectivity index (χ3n) is 5.73. The number of hydrogen-bond acceptors (Lipinski definition) is 6. The van der Waals surface area contributed by atoms with Gasteiger partial charge in [-0.05, 0) is 61.4 Å². The number of anilines is 2. The van der Waals surface area contributed by atoms with Crippen LogP contribution in [0.2, 0.25) is 0 Å². The van der Waals surface area contributed by atoms with Crippen LogP contribution in [0.25, 0.3) is 10.9 Å². The standard InChI is InChI=1S/C26H25N3O5S/c1-16-19-8-4-5-9-21(19)27-17(2)20(16)15-26(31)28-23-14-18(12-13-24(23)30)35(32,33)29-22-10-6-7-11-25(22)34-3/h4-14,29-30H,15H2,1-3H3,(H,28,31). The van der Waals surface area contributed by atoms with Gasteiger partial charge in [0.2, 0.25) is 5.91 Å². The Morgan fingerprint density at radius 2 is 1.71 bits per heavy atom. The molecule has 3 N–H and O–H groups in total. The van der Waals surface area contributed by atoms with Gasteiger partial charge in [0.25, 0.3) is 10.0 Å². The molecule has 3 aromatic carbocycles. The van der Waals surface area contributed by atoms with Gasteiger partial charge in [0.15, 0.2) is 0 Å². The van der Waals surface area contributed by atoms with Crippen molar-refractivity contribution in [2.75, 3.05) is 17.1 Å². The van der Waals surface area contributed by atoms with Crippen molar-refractivity contribution in [2.45, 2.75) is 25.2 Å². The molecule has 0 radical (unpaired) electrons. The van der Waals surface area contributed by atoms with Crippen molar-refractivity contribution >= 4 is 38.2 Å². The van der Waals surface area contributed by atoms with E-state index in [-0.39, 0.29) is 28.4 Å². The lowest BCUT2D eigenvalue weighted by molar-refractivity contribution is -0.115. The summed E-state index contributed by atoms with van der Waals surface area (Å²) in [4.78, 5) is 17.3. The highest BCUT2D eigenvalue weighted by Gasteiger charge is 2.20. The second-order valence-corrected chi connectivity index (χ2v) is 9.71. The summed E-state index contributed by atoms with van der Waals surface area (Å²) in [5.41, 5.74) is 3.57. The number of carbonyl (C=O) groups excluding carboxylic acids is 1. The molecule has 0 bridgehead atoms. The van der Waals surface area contributed by atoms with Crippen molar-refractivity contribution in [3.05, 3.63) is 83.6 Å². The van der Waals surface area contributed by atoms with Gasteiger partial charge in [0.1, 0.15) is 11.5 Å². The fraction of sp³-hybridized carbons (Fsp3) is 0.154. The van der Waals surface area contributed by atoms with Crippen LogP contribution < -0.4 is 14.8 Å². The molecule has 0 aliphatic carbocycles. The van der Waals surface area contributed by atoms with E-state index in [2.05, 4.69) is 15.0 Å². The fourth-order valence-electron chi connectivity index (χ4n) is 3.90. The normalized spacial score (nSPS) is 11.3. The number of para-hydroxylation sites is 3. The topological polar surface area (TPSA) is 118 Å². The number of carbonyl (C=O) groups is 1. The maximum Gasteiger partial charge on any atom is 0.262 e. The van der Waals surface area contributed by atoms with E-state index < -0.39 is 15.9 Å². The van der Waals surface area contributed by atoms with E-state index in [4.69, 9.17) is 4.74 Å². The van der Waals surface area contributed by atoms with Crippen LogP contribution in [0, 0.1) is 13.8 Å². The minimum atomic E-state index is -4.02. The number of amides is 1. The molecule has 35 heavy (non-hydrogen) atoms. The number of hydrogen-bond donors (Lipinski definition) is 3. The number of sulfonamides is 1. The summed E-state index contributed by atoms with van der Waals surface area (Å²) in [7, 11) is -2.58. The number of nitrogens with zero attached hydrogens (tertiary/aromatic N) is 1. The van der Waals surface area contributed by atoms with E-state index in [0.717, 1.165) is 27.7 Å². The molecule has 1 aromatic heterocycles. The van der Waals surface area contributed by atoms with Gasteiger partial charge in [-0.3, -0.25) is 14.5 Å². The Kier molecular flexibility index (Phi) is 6.61. The van der Waals surface area contributed by atoms with Crippen LogP contribution in [0.1, 0.15) is 16.8 Å². The highest BCUT2D eigenvalue weighted by Crippen LogP contribution is 2.30. The number of rotatable bonds is 7. The summed E-state index contributed by atoms with van der Waals surface area (Å²) in [6, 6.07) is 18.0. The van der Waals surface area contributed by atoms with E-state index in [9.17, 15) is 18.3 Å². The first-order valence-electron chi connectivity index (χ1n) is 10.8. The number of benzene rings is 3. The molecule has 0 unspecified atom stereocenters. The molecule has 4 rings (SSSR count). The van der Waals surface area contributed by atoms with Crippen LogP contribution in [0.15, 0.2) is 71.6 Å². The van der Waals surface area contributed by atoms with Crippen LogP contribution in [-0.2, 0) is 21.2 Å². The molecule has 8 nitrogen and oxygen atoms in total. The Bertz CT molecular complexity index is 1530. The number of methoxy groups -OCH3 is 1. The van der Waals surface area contributed by atoms with Gasteiger partial charge in [-0.15, -0.1) is 0 Å². The van der Waals surface area contributed by atoms with Crippen molar-refractivity contribution in [3.8, 4) is 11.5 Å². The molecule has 0 aliphatic rings. The Morgan fingerprint density at radius 3 is 2.49 bits per heavy atom. The zero-order chi connectivity index (χ0) is 25.2. The number of aromatic nitrogens is 1. The molecule has 1 heterocycles. The number of aromatic hydroxyl groups is 1. The number of pyridine rings is 1. The van der Waals surface area contributed by atoms with Crippen molar-refractivity contribution in [1.82, 2.24) is 4.98 Å². The van der Waals surface area contributed by atoms with Gasteiger partial charge in [-0.1, -0.05) is 30.3 Å². The van der Waals surface area contributed by atoms with Crippen molar-refractivity contribution in [2.24, 2.45) is 0 Å². The fourth-order valence-corrected chi connectivity index (χ4v) is 5.00. The van der Waals surface area contributed by atoms with Crippen LogP contribution in [0.4, 0.5) is 11.4 Å². The largest absolute Gasteiger partial charge is 0.506 e. The molecule has 0 spiro atoms. The highest BCUT2D eigenvalue weighted by molar-refractivity contribution is 7.92. The lowest BCUT2D eigenvalue weighted by Crippen LogP contribution is -2.18. The summed E-state index contributed by atoms with van der Waals surface area (Å²) in [6.45, 7) is 3.78. The van der Waals surface area contributed by atoms with Crippen LogP contribution in [0.3, 0.4) is 0 Å². The van der Waals surface area contributed by atoms with E-state index >= 15 is 0 Å². The molecule has 9 heteroatoms. The molecule has 4 aromatic rings. The monoisotopic (exact) mass is 491 g/mol. The Labute approximate surface area is 203 Å². The maximum absolute atomic E-state index is 13.0. The van der Waals surface area contributed by atoms with E-state index in [1.165, 1.54) is 25.3 Å².